The smallest absolute Gasteiger partial charge is 0.323 e. The van der Waals surface area contributed by atoms with Crippen LogP contribution in [-0.2, 0) is 9.53 Å². The highest BCUT2D eigenvalue weighted by Gasteiger charge is 2.26. The number of aliphatic carboxylic acids is 1. The maximum Gasteiger partial charge on any atom is 0.323 e. The molecule has 0 saturated heterocycles. The predicted molar refractivity (Wildman–Crippen MR) is 59.2 cm³/mol. The molecule has 4 nitrogen and oxygen atoms in total. The molecule has 16 heavy (non-hydrogen) atoms. The fourth-order valence-electron chi connectivity index (χ4n) is 1.94. The summed E-state index contributed by atoms with van der Waals surface area (Å²) in [6, 6.07) is 0. The molecule has 4 heteroatoms. The van der Waals surface area contributed by atoms with Gasteiger partial charge in [0.15, 0.2) is 0 Å². The van der Waals surface area contributed by atoms with Crippen LogP contribution in [0.25, 0.3) is 0 Å². The minimum Gasteiger partial charge on any atom is -0.550 e. The molecular formula is C12H19NO3. The summed E-state index contributed by atoms with van der Waals surface area (Å²) in [6.07, 6.45) is 2.97. The molecular weight excluding hydrogens is 206 g/mol. The van der Waals surface area contributed by atoms with Gasteiger partial charge < -0.3 is 14.6 Å². The first-order valence-corrected chi connectivity index (χ1v) is 5.46. The minimum atomic E-state index is -0.980. The Labute approximate surface area is 96.2 Å². The molecule has 0 bridgehead atoms. The van der Waals surface area contributed by atoms with Gasteiger partial charge in [-0.15, -0.1) is 0 Å². The topological polar surface area (TPSA) is 52.4 Å². The van der Waals surface area contributed by atoms with Crippen LogP contribution >= 0.6 is 0 Å². The molecule has 0 spiro atoms. The first-order valence-electron chi connectivity index (χ1n) is 5.46. The van der Waals surface area contributed by atoms with Crippen molar-refractivity contribution < 1.29 is 19.2 Å². The Morgan fingerprint density at radius 2 is 2.00 bits per heavy atom. The zero-order valence-electron chi connectivity index (χ0n) is 10.3. The van der Waals surface area contributed by atoms with Crippen LogP contribution in [0.15, 0.2) is 11.1 Å². The van der Waals surface area contributed by atoms with Crippen LogP contribution < -0.4 is 5.11 Å². The maximum atomic E-state index is 10.9. The first-order chi connectivity index (χ1) is 7.43. The number of carbonyl (C=O) groups is 1. The second-order valence-electron chi connectivity index (χ2n) is 4.51. The lowest BCUT2D eigenvalue weighted by Gasteiger charge is -2.30. The van der Waals surface area contributed by atoms with Gasteiger partial charge in [0.2, 0.25) is 0 Å². The molecule has 1 aliphatic rings. The van der Waals surface area contributed by atoms with E-state index in [1.807, 2.05) is 32.5 Å². The third-order valence-electron chi connectivity index (χ3n) is 3.07. The van der Waals surface area contributed by atoms with Gasteiger partial charge in [-0.3, -0.25) is 0 Å². The van der Waals surface area contributed by atoms with Crippen molar-refractivity contribution in [3.05, 3.63) is 11.1 Å². The van der Waals surface area contributed by atoms with Gasteiger partial charge in [0.1, 0.15) is 20.2 Å². The molecule has 2 atom stereocenters. The quantitative estimate of drug-likeness (QED) is 0.298. The largest absolute Gasteiger partial charge is 0.550 e. The van der Waals surface area contributed by atoms with Crippen molar-refractivity contribution in [2.75, 3.05) is 14.1 Å². The van der Waals surface area contributed by atoms with Gasteiger partial charge in [-0.1, -0.05) is 5.57 Å². The molecule has 0 amide bonds. The van der Waals surface area contributed by atoms with Crippen molar-refractivity contribution in [3.8, 4) is 0 Å². The molecule has 0 aromatic heterocycles. The molecule has 0 N–H and O–H groups in total. The number of nitrogens with zero attached hydrogens (tertiary/aromatic N) is 1. The van der Waals surface area contributed by atoms with Crippen molar-refractivity contribution in [2.24, 2.45) is 5.92 Å². The van der Waals surface area contributed by atoms with Crippen molar-refractivity contribution >= 4 is 12.4 Å². The summed E-state index contributed by atoms with van der Waals surface area (Å²) in [5.74, 6) is -1.42. The average molecular weight is 225 g/mol. The number of carboxylic acids is 1. The van der Waals surface area contributed by atoms with Gasteiger partial charge in [-0.25, -0.2) is 4.58 Å². The van der Waals surface area contributed by atoms with Crippen LogP contribution in [0, 0.1) is 5.92 Å². The zero-order chi connectivity index (χ0) is 12.3. The van der Waals surface area contributed by atoms with E-state index >= 15 is 0 Å². The highest BCUT2D eigenvalue weighted by molar-refractivity contribution is 5.72. The highest BCUT2D eigenvalue weighted by Crippen LogP contribution is 2.30. The highest BCUT2D eigenvalue weighted by atomic mass is 16.5. The fraction of sp³-hybridized carbons (Fsp3) is 0.667. The number of rotatable bonds is 3. The van der Waals surface area contributed by atoms with E-state index in [1.165, 1.54) is 0 Å². The minimum absolute atomic E-state index is 0.00185. The van der Waals surface area contributed by atoms with Crippen molar-refractivity contribution in [3.63, 3.8) is 0 Å². The summed E-state index contributed by atoms with van der Waals surface area (Å²) in [7, 11) is 3.78. The standard InChI is InChI=1S/C12H19NO3/c1-8-9(2)11(16-7-13(3)4)6-5-10(8)12(14)15/h7,10-11H,5-6H2,1-4H3/t10-,11+/m0/s1. The molecule has 0 radical (unpaired) electrons. The van der Waals surface area contributed by atoms with Gasteiger partial charge in [0.05, 0.1) is 0 Å². The lowest BCUT2D eigenvalue weighted by atomic mass is 9.82. The summed E-state index contributed by atoms with van der Waals surface area (Å²) in [5, 5.41) is 10.9. The van der Waals surface area contributed by atoms with Crippen LogP contribution in [0.1, 0.15) is 26.7 Å². The number of ether oxygens (including phenoxy) is 1. The molecule has 0 aliphatic heterocycles. The molecule has 90 valence electrons. The number of hydrogen-bond acceptors (Lipinski definition) is 3. The molecule has 1 rings (SSSR count). The summed E-state index contributed by atoms with van der Waals surface area (Å²) >= 11 is 0. The summed E-state index contributed by atoms with van der Waals surface area (Å²) in [5.41, 5.74) is 1.89. The molecule has 0 aromatic carbocycles. The van der Waals surface area contributed by atoms with Crippen LogP contribution in [-0.4, -0.2) is 37.1 Å². The van der Waals surface area contributed by atoms with E-state index in [-0.39, 0.29) is 6.10 Å². The average Bonchev–Trinajstić information content (AvgIpc) is 2.19. The zero-order valence-corrected chi connectivity index (χ0v) is 10.3. The van der Waals surface area contributed by atoms with Gasteiger partial charge in [0, 0.05) is 11.9 Å². The van der Waals surface area contributed by atoms with Gasteiger partial charge in [-0.05, 0) is 32.3 Å². The van der Waals surface area contributed by atoms with Crippen LogP contribution in [0.4, 0.5) is 0 Å². The van der Waals surface area contributed by atoms with E-state index in [0.29, 0.717) is 6.42 Å². The van der Waals surface area contributed by atoms with E-state index in [2.05, 4.69) is 0 Å². The van der Waals surface area contributed by atoms with E-state index in [4.69, 9.17) is 4.74 Å². The van der Waals surface area contributed by atoms with Gasteiger partial charge >= 0.3 is 6.40 Å². The van der Waals surface area contributed by atoms with Crippen LogP contribution in [0.5, 0.6) is 0 Å². The summed E-state index contributed by atoms with van der Waals surface area (Å²) < 4.78 is 7.41. The Morgan fingerprint density at radius 1 is 1.38 bits per heavy atom. The molecule has 0 aromatic rings. The monoisotopic (exact) mass is 225 g/mol. The van der Waals surface area contributed by atoms with E-state index in [0.717, 1.165) is 17.6 Å². The molecule has 0 unspecified atom stereocenters. The van der Waals surface area contributed by atoms with Gasteiger partial charge in [0.25, 0.3) is 0 Å². The summed E-state index contributed by atoms with van der Waals surface area (Å²) in [6.45, 7) is 3.78. The normalized spacial score (nSPS) is 25.2. The lowest BCUT2D eigenvalue weighted by molar-refractivity contribution is -0.468. The van der Waals surface area contributed by atoms with Crippen molar-refractivity contribution in [1.29, 1.82) is 0 Å². The van der Waals surface area contributed by atoms with E-state index < -0.39 is 11.9 Å². The molecule has 0 fully saturated rings. The Balaban J connectivity index is 2.80. The third-order valence-corrected chi connectivity index (χ3v) is 3.07. The molecule has 1 aliphatic carbocycles. The van der Waals surface area contributed by atoms with Gasteiger partial charge in [-0.2, -0.15) is 0 Å². The van der Waals surface area contributed by atoms with Crippen LogP contribution in [0.3, 0.4) is 0 Å². The Kier molecular flexibility index (Phi) is 4.10. The third kappa shape index (κ3) is 2.84. The van der Waals surface area contributed by atoms with Crippen molar-refractivity contribution in [1.82, 2.24) is 0 Å². The Morgan fingerprint density at radius 3 is 2.50 bits per heavy atom. The number of hydrogen-bond donors (Lipinski definition) is 0. The predicted octanol–water partition coefficient (Wildman–Crippen LogP) is 0.168. The second-order valence-corrected chi connectivity index (χ2v) is 4.51. The van der Waals surface area contributed by atoms with E-state index in [9.17, 15) is 9.90 Å². The number of carbonyl (C=O) groups excluding carboxylic acids is 1. The lowest BCUT2D eigenvalue weighted by Crippen LogP contribution is -2.36. The molecule has 0 saturated carbocycles. The second kappa shape index (κ2) is 5.14. The summed E-state index contributed by atoms with van der Waals surface area (Å²) in [4.78, 5) is 10.9. The first kappa shape index (κ1) is 12.7. The maximum absolute atomic E-state index is 10.9. The Bertz CT molecular complexity index is 340. The van der Waals surface area contributed by atoms with Crippen molar-refractivity contribution in [2.45, 2.75) is 32.8 Å². The number of carboxylic acid groups (broad SMARTS) is 1. The van der Waals surface area contributed by atoms with E-state index in [1.54, 1.807) is 6.40 Å². The Hall–Kier alpha value is -1.32. The molecule has 0 heterocycles. The van der Waals surface area contributed by atoms with Crippen LogP contribution in [0.2, 0.25) is 0 Å². The SMILES string of the molecule is CC1=C(C)[C@H](OC=[N+](C)C)CC[C@@H]1C(=O)[O-]. The fourth-order valence-corrected chi connectivity index (χ4v) is 1.94.